The lowest BCUT2D eigenvalue weighted by molar-refractivity contribution is -0.139. The summed E-state index contributed by atoms with van der Waals surface area (Å²) in [6.07, 6.45) is -0.225. The van der Waals surface area contributed by atoms with Crippen molar-refractivity contribution in [2.75, 3.05) is 31.1 Å². The van der Waals surface area contributed by atoms with Crippen molar-refractivity contribution in [1.29, 1.82) is 0 Å². The molecule has 1 amide bonds. The number of carboxylic acid groups (broad SMARTS) is 1. The Kier molecular flexibility index (Phi) is 8.38. The number of carbonyl (C=O) groups is 2. The molecule has 4 N–H and O–H groups in total. The van der Waals surface area contributed by atoms with Gasteiger partial charge in [-0.25, -0.2) is 9.22 Å². The van der Waals surface area contributed by atoms with Gasteiger partial charge in [0.15, 0.2) is 0 Å². The Hall–Kier alpha value is -3.82. The van der Waals surface area contributed by atoms with Crippen LogP contribution in [0.5, 0.6) is 0 Å². The van der Waals surface area contributed by atoms with Gasteiger partial charge in [0.1, 0.15) is 0 Å². The van der Waals surface area contributed by atoms with E-state index in [0.717, 1.165) is 22.5 Å². The van der Waals surface area contributed by atoms with Crippen molar-refractivity contribution in [3.8, 4) is 11.8 Å². The molecule has 3 aromatic rings. The van der Waals surface area contributed by atoms with Gasteiger partial charge in [-0.1, -0.05) is 11.8 Å². The number of aryl methyl sites for hydroxylation is 1. The van der Waals surface area contributed by atoms with Crippen LogP contribution in [-0.2, 0) is 16.1 Å². The predicted molar refractivity (Wildman–Crippen MR) is 146 cm³/mol. The smallest absolute Gasteiger partial charge is 0.305 e. The van der Waals surface area contributed by atoms with Crippen molar-refractivity contribution in [2.45, 2.75) is 26.3 Å². The van der Waals surface area contributed by atoms with Crippen LogP contribution in [0.2, 0.25) is 0 Å². The lowest BCUT2D eigenvalue weighted by Gasteiger charge is -2.41. The number of carboxylic acids is 1. The first-order chi connectivity index (χ1) is 18.1. The summed E-state index contributed by atoms with van der Waals surface area (Å²) in [6, 6.07) is 14.4. The maximum Gasteiger partial charge on any atom is 0.305 e. The lowest BCUT2D eigenvalue weighted by atomic mass is 10.0. The molecule has 38 heavy (non-hydrogen) atoms. The molecule has 0 aliphatic carbocycles. The van der Waals surface area contributed by atoms with Crippen LogP contribution in [0.25, 0.3) is 10.9 Å². The molecule has 0 spiro atoms. The van der Waals surface area contributed by atoms with Crippen molar-refractivity contribution >= 4 is 39.7 Å². The molecule has 0 saturated carbocycles. The fourth-order valence-electron chi connectivity index (χ4n) is 4.55. The van der Waals surface area contributed by atoms with Crippen molar-refractivity contribution < 1.29 is 23.5 Å². The number of nitrogens with zero attached hydrogens (tertiary/aromatic N) is 4. The summed E-state index contributed by atoms with van der Waals surface area (Å²) in [7, 11) is 0. The van der Waals surface area contributed by atoms with Gasteiger partial charge in [-0.15, -0.1) is 4.41 Å². The monoisotopic (exact) mass is 535 g/mol. The highest BCUT2D eigenvalue weighted by atomic mass is 32.2. The van der Waals surface area contributed by atoms with E-state index in [1.807, 2.05) is 49.4 Å². The van der Waals surface area contributed by atoms with Gasteiger partial charge in [-0.05, 0) is 62.4 Å². The zero-order chi connectivity index (χ0) is 27.4. The average Bonchev–Trinajstić information content (AvgIpc) is 2.87. The van der Waals surface area contributed by atoms with Crippen LogP contribution in [0.15, 0.2) is 48.5 Å². The molecule has 0 radical (unpaired) electrons. The van der Waals surface area contributed by atoms with Crippen molar-refractivity contribution in [2.24, 2.45) is 5.73 Å². The minimum atomic E-state index is -2.30. The number of hydrazine groups is 1. The number of nitrogens with two attached hydrogens (primary N) is 1. The maximum atomic E-state index is 11.9. The molecule has 10 nitrogen and oxygen atoms in total. The highest BCUT2D eigenvalue weighted by molar-refractivity contribution is 7.76. The van der Waals surface area contributed by atoms with E-state index < -0.39 is 29.2 Å². The van der Waals surface area contributed by atoms with Gasteiger partial charge < -0.3 is 15.7 Å². The fourth-order valence-corrected chi connectivity index (χ4v) is 5.30. The van der Waals surface area contributed by atoms with E-state index in [0.29, 0.717) is 42.6 Å². The number of benzene rings is 2. The first-order valence-electron chi connectivity index (χ1n) is 12.1. The van der Waals surface area contributed by atoms with Gasteiger partial charge in [-0.3, -0.25) is 19.1 Å². The summed E-state index contributed by atoms with van der Waals surface area (Å²) in [5.41, 5.74) is 9.96. The minimum Gasteiger partial charge on any atom is -0.481 e. The molecule has 1 aliphatic rings. The molecule has 1 aliphatic heterocycles. The largest absolute Gasteiger partial charge is 0.481 e. The van der Waals surface area contributed by atoms with Gasteiger partial charge in [0, 0.05) is 60.1 Å². The molecule has 2 atom stereocenters. The molecule has 2 unspecified atom stereocenters. The molecule has 2 aromatic carbocycles. The van der Waals surface area contributed by atoms with Gasteiger partial charge in [0.25, 0.3) is 0 Å². The Bertz CT molecular complexity index is 1440. The molecule has 0 bridgehead atoms. The van der Waals surface area contributed by atoms with E-state index in [1.54, 1.807) is 18.0 Å². The van der Waals surface area contributed by atoms with E-state index >= 15 is 0 Å². The topological polar surface area (TPSA) is 140 Å². The lowest BCUT2D eigenvalue weighted by Crippen LogP contribution is -2.57. The quantitative estimate of drug-likeness (QED) is 0.309. The number of hydrogen-bond acceptors (Lipinski definition) is 6. The summed E-state index contributed by atoms with van der Waals surface area (Å²) in [6.45, 7) is 5.65. The van der Waals surface area contributed by atoms with Crippen LogP contribution in [0.4, 0.5) is 5.69 Å². The number of aliphatic carboxylic acids is 1. The van der Waals surface area contributed by atoms with E-state index in [1.165, 1.54) is 4.41 Å². The third-order valence-electron chi connectivity index (χ3n) is 6.33. The van der Waals surface area contributed by atoms with Crippen molar-refractivity contribution in [1.82, 2.24) is 14.4 Å². The molecule has 198 valence electrons. The second-order valence-electron chi connectivity index (χ2n) is 9.13. The fraction of sp³-hybridized carbons (Fsp3) is 0.296. The first-order valence-corrected chi connectivity index (χ1v) is 13.1. The minimum absolute atomic E-state index is 0.225. The number of piperazine rings is 1. The summed E-state index contributed by atoms with van der Waals surface area (Å²) in [5.74, 6) is 4.76. The summed E-state index contributed by atoms with van der Waals surface area (Å²) in [4.78, 5) is 29.5. The molecule has 1 saturated heterocycles. The van der Waals surface area contributed by atoms with Gasteiger partial charge >= 0.3 is 5.97 Å². The standard InChI is InChI=1S/C27H29N5O5S/c1-18-15-24(27(28)35)23-17-21(7-10-25(23)29-18)4-3-20-5-8-22(9-6-20)30-11-13-31(14-12-30)32(38(36)37)19(2)16-26(33)34/h5-10,15,17,19H,11-14,16H2,1-2H3,(H2,28,35)(H,33,34)(H,36,37). The van der Waals surface area contributed by atoms with Gasteiger partial charge in [0.05, 0.1) is 17.5 Å². The molecule has 4 rings (SSSR count). The Balaban J connectivity index is 1.43. The summed E-state index contributed by atoms with van der Waals surface area (Å²) < 4.78 is 22.8. The summed E-state index contributed by atoms with van der Waals surface area (Å²) >= 11 is -2.30. The number of hydrogen-bond donors (Lipinski definition) is 3. The number of anilines is 1. The highest BCUT2D eigenvalue weighted by Crippen LogP contribution is 2.21. The summed E-state index contributed by atoms with van der Waals surface area (Å²) in [5, 5.41) is 11.5. The normalized spacial score (nSPS) is 15.6. The molecule has 2 heterocycles. The van der Waals surface area contributed by atoms with E-state index in [4.69, 9.17) is 10.8 Å². The van der Waals surface area contributed by atoms with Crippen LogP contribution < -0.4 is 10.6 Å². The predicted octanol–water partition coefficient (Wildman–Crippen LogP) is 2.38. The molecule has 1 fully saturated rings. The van der Waals surface area contributed by atoms with Crippen molar-refractivity contribution in [3.05, 3.63) is 70.9 Å². The molecule has 1 aromatic heterocycles. The van der Waals surface area contributed by atoms with E-state index in [9.17, 15) is 18.4 Å². The number of carbonyl (C=O) groups excluding carboxylic acids is 1. The zero-order valence-electron chi connectivity index (χ0n) is 21.1. The van der Waals surface area contributed by atoms with Crippen LogP contribution >= 0.6 is 0 Å². The Labute approximate surface area is 223 Å². The van der Waals surface area contributed by atoms with E-state index in [-0.39, 0.29) is 6.42 Å². The van der Waals surface area contributed by atoms with Crippen LogP contribution in [0.1, 0.15) is 40.5 Å². The van der Waals surface area contributed by atoms with Crippen LogP contribution in [0.3, 0.4) is 0 Å². The zero-order valence-corrected chi connectivity index (χ0v) is 21.9. The third-order valence-corrected chi connectivity index (χ3v) is 7.24. The Morgan fingerprint density at radius 1 is 1.08 bits per heavy atom. The van der Waals surface area contributed by atoms with Crippen LogP contribution in [0, 0.1) is 18.8 Å². The third kappa shape index (κ3) is 6.35. The second-order valence-corrected chi connectivity index (χ2v) is 9.96. The maximum absolute atomic E-state index is 11.9. The van der Waals surface area contributed by atoms with Crippen LogP contribution in [-0.4, -0.2) is 72.4 Å². The number of primary amides is 1. The first kappa shape index (κ1) is 27.2. The second kappa shape index (κ2) is 11.7. The molecule has 11 heteroatoms. The average molecular weight is 536 g/mol. The molecular formula is C27H29N5O5S. The Morgan fingerprint density at radius 3 is 2.32 bits per heavy atom. The van der Waals surface area contributed by atoms with Crippen molar-refractivity contribution in [3.63, 3.8) is 0 Å². The SMILES string of the molecule is Cc1cc(C(N)=O)c2cc(C#Cc3ccc(N4CCN(N(C(C)CC(=O)O)S(=O)O)CC4)cc3)ccc2n1. The number of aromatic nitrogens is 1. The number of fused-ring (bicyclic) bond motifs is 1. The number of amides is 1. The van der Waals surface area contributed by atoms with Gasteiger partial charge in [-0.2, -0.15) is 0 Å². The Morgan fingerprint density at radius 2 is 1.71 bits per heavy atom. The highest BCUT2D eigenvalue weighted by Gasteiger charge is 2.30. The number of rotatable bonds is 7. The van der Waals surface area contributed by atoms with Gasteiger partial charge in [0.2, 0.25) is 17.2 Å². The van der Waals surface area contributed by atoms with E-state index in [2.05, 4.69) is 21.7 Å². The number of pyridine rings is 1. The molecular weight excluding hydrogens is 506 g/mol.